The Labute approximate surface area is 644 Å². The first-order valence-electron chi connectivity index (χ1n) is 29.8. The van der Waals surface area contributed by atoms with Gasteiger partial charge in [0.15, 0.2) is 39.3 Å². The molecule has 0 saturated carbocycles. The van der Waals surface area contributed by atoms with Gasteiger partial charge in [-0.2, -0.15) is 33.7 Å². The number of anilines is 4. The topological polar surface area (TPSA) is 534 Å². The fourth-order valence-electron chi connectivity index (χ4n) is 12.3. The first-order chi connectivity index (χ1) is 51.0. The lowest BCUT2D eigenvalue weighted by molar-refractivity contribution is -0.277. The van der Waals surface area contributed by atoms with E-state index in [-0.39, 0.29) is 148 Å². The third kappa shape index (κ3) is 11.9. The van der Waals surface area contributed by atoms with Gasteiger partial charge < -0.3 is 43.4 Å². The zero-order valence-electron chi connectivity index (χ0n) is 52.5. The van der Waals surface area contributed by atoms with E-state index in [1.54, 1.807) is 0 Å². The van der Waals surface area contributed by atoms with Crippen molar-refractivity contribution in [2.75, 3.05) is 22.9 Å². The van der Waals surface area contributed by atoms with Gasteiger partial charge in [-0.05, 0) is 72.8 Å². The van der Waals surface area contributed by atoms with E-state index in [1.165, 1.54) is 72.8 Å². The molecule has 12 N–H and O–H groups in total. The standard InChI is InChI=1S/C64H32N8O20S16/c65-33-13-41-49(29-9-21(105(81,82)83)1-5-25(29)33)69-37-17-45-53(73)61(57(37)93-41)101(77)102(78)62-55(75)47(19-39-58(62)94-42-14-34(66)26-6-2-22(106(84,85)86)10-30(26)50(42)71-39)99-100-48-20-40-60(96-44-16-36(68)28-8-4-24(108(90,91)92)12-32(28)52(44)72-40)64(56(48)76)104(80)103(79)63-54(74)46(98-97-45)18-38-59(63)95-43-15-35(67)27-7-3-23(107(87,88)89)11-31(27)51(43)70-38/h1-20H,65-68H2,(H4-4,73,74,75,76,81,82,83,84,85,86,87,88,89,90,91,92). The molecule has 44 heteroatoms. The molecular weight excluding hydrogens is 1710 g/mol. The zero-order chi connectivity index (χ0) is 76.3. The van der Waals surface area contributed by atoms with Crippen LogP contribution >= 0.6 is 88.5 Å². The van der Waals surface area contributed by atoms with Crippen LogP contribution in [0.4, 0.5) is 22.7 Å². The summed E-state index contributed by atoms with van der Waals surface area (Å²) < 4.78 is 206. The Hall–Kier alpha value is -8.20. The van der Waals surface area contributed by atoms with Crippen molar-refractivity contribution in [2.24, 2.45) is 0 Å². The minimum absolute atomic E-state index is 0.0126. The van der Waals surface area contributed by atoms with Crippen LogP contribution in [0.15, 0.2) is 180 Å². The van der Waals surface area contributed by atoms with Gasteiger partial charge in [0.05, 0.1) is 19.6 Å². The number of nitrogens with two attached hydrogens (primary N) is 4. The molecule has 544 valence electrons. The number of fused-ring (bicyclic) bond motifs is 28. The molecule has 0 aliphatic carbocycles. The zero-order valence-corrected chi connectivity index (χ0v) is 65.6. The average molecular weight is 1750 g/mol. The van der Waals surface area contributed by atoms with Crippen molar-refractivity contribution in [3.8, 4) is 23.0 Å². The van der Waals surface area contributed by atoms with Crippen LogP contribution in [-0.2, 0) is 79.8 Å². The van der Waals surface area contributed by atoms with Gasteiger partial charge in [0.25, 0.3) is 78.1 Å². The number of rotatable bonds is 4. The summed E-state index contributed by atoms with van der Waals surface area (Å²) in [6.07, 6.45) is 0. The molecule has 8 bridgehead atoms. The Morgan fingerprint density at radius 1 is 0.306 bits per heavy atom. The van der Waals surface area contributed by atoms with Crippen LogP contribution in [0.1, 0.15) is 0 Å². The lowest BCUT2D eigenvalue weighted by Gasteiger charge is -2.22. The van der Waals surface area contributed by atoms with Crippen molar-refractivity contribution in [3.63, 3.8) is 0 Å². The van der Waals surface area contributed by atoms with E-state index in [9.17, 15) is 51.9 Å². The molecule has 1 aliphatic heterocycles. The predicted molar refractivity (Wildman–Crippen MR) is 420 cm³/mol. The monoisotopic (exact) mass is 1740 g/mol. The van der Waals surface area contributed by atoms with Crippen molar-refractivity contribution in [1.29, 1.82) is 0 Å². The normalized spacial score (nSPS) is 16.6. The van der Waals surface area contributed by atoms with E-state index >= 15 is 37.3 Å². The van der Waals surface area contributed by atoms with Gasteiger partial charge in [0.1, 0.15) is 63.7 Å². The molecule has 4 atom stereocenters. The molecule has 0 radical (unpaired) electrons. The van der Waals surface area contributed by atoms with E-state index in [2.05, 4.69) is 0 Å². The second kappa shape index (κ2) is 25.7. The third-order valence-corrected chi connectivity index (χ3v) is 37.6. The number of nitrogens with zero attached hydrogens (tertiary/aromatic N) is 4. The van der Waals surface area contributed by atoms with E-state index in [1.807, 2.05) is 0 Å². The molecule has 0 saturated heterocycles. The highest BCUT2D eigenvalue weighted by molar-refractivity contribution is 8.77. The van der Waals surface area contributed by atoms with Crippen molar-refractivity contribution in [2.45, 2.75) is 58.7 Å². The molecule has 1 aliphatic rings. The molecule has 0 amide bonds. The molecule has 5 heterocycles. The predicted octanol–water partition coefficient (Wildman–Crippen LogP) is 11.7. The molecule has 4 aromatic heterocycles. The lowest BCUT2D eigenvalue weighted by atomic mass is 10.1. The van der Waals surface area contributed by atoms with Gasteiger partial charge in [-0.15, -0.1) is 0 Å². The Kier molecular flexibility index (Phi) is 17.3. The first kappa shape index (κ1) is 72.6. The van der Waals surface area contributed by atoms with Gasteiger partial charge in [0, 0.05) is 110 Å². The Balaban J connectivity index is 0.970. The average Bonchev–Trinajstić information content (AvgIpc) is 0.737. The molecule has 108 heavy (non-hydrogen) atoms. The summed E-state index contributed by atoms with van der Waals surface area (Å²) in [5.41, 5.74) is 25.7. The molecule has 12 aromatic carbocycles. The summed E-state index contributed by atoms with van der Waals surface area (Å²) >= 11 is 2.92. The van der Waals surface area contributed by atoms with Gasteiger partial charge in [-0.25, -0.2) is 36.8 Å². The van der Waals surface area contributed by atoms with Crippen LogP contribution in [-0.4, -0.2) is 88.7 Å². The Bertz CT molecular complexity index is 6770. The summed E-state index contributed by atoms with van der Waals surface area (Å²) in [6.45, 7) is 0. The van der Waals surface area contributed by atoms with E-state index in [4.69, 9.17) is 42.9 Å². The van der Waals surface area contributed by atoms with Crippen molar-refractivity contribution < 1.29 is 89.1 Å². The summed E-state index contributed by atoms with van der Waals surface area (Å²) in [5, 5.41) is 64.3. The van der Waals surface area contributed by atoms with Crippen LogP contribution in [0.5, 0.6) is 23.0 Å². The van der Waals surface area contributed by atoms with Crippen LogP contribution in [0.3, 0.4) is 0 Å². The molecule has 0 spiro atoms. The van der Waals surface area contributed by atoms with Crippen molar-refractivity contribution in [1.82, 2.24) is 19.9 Å². The Morgan fingerprint density at radius 3 is 0.685 bits per heavy atom. The largest absolute Gasteiger partial charge is 0.871 e. The SMILES string of the molecule is Nc1cc2[s+]c3c4c([O-])c(cc3nc2c2cc(S(=O)(=O)O)ccc12)SSc1cc2nc3c(cc(N)c5ccc(S(=O)(=O)O)cc53)[s+]c2c(c1[O-])S(=O)S(=O)c1c([O-])c(cc2nc3c(cc(N)c5ccc(S(=O)(=O)O)cc53)[s+]c12)SSc1cc2nc3c(cc(N)c5ccc(S(=O)(=O)O)cc53)[s+]c2c(c1[O-])S(=O)S4=O. The Morgan fingerprint density at radius 2 is 0.500 bits per heavy atom. The first-order valence-corrected chi connectivity index (χ1v) is 48.8. The molecular formula is C64H32N8O20S16. The van der Waals surface area contributed by atoms with E-state index in [0.717, 1.165) is 93.9 Å². The summed E-state index contributed by atoms with van der Waals surface area (Å²) in [4.78, 5) is 12.5. The smallest absolute Gasteiger partial charge is 0.294 e. The number of hydrogen-bond acceptors (Lipinski definition) is 28. The van der Waals surface area contributed by atoms with Gasteiger partial charge in [0.2, 0.25) is 45.3 Å². The van der Waals surface area contributed by atoms with Crippen LogP contribution in [0.2, 0.25) is 0 Å². The number of nitrogen functional groups attached to an aromatic ring is 4. The van der Waals surface area contributed by atoms with E-state index < -0.39 is 162 Å². The maximum Gasteiger partial charge on any atom is 0.294 e. The van der Waals surface area contributed by atoms with E-state index in [0.29, 0.717) is 43.2 Å². The number of hydrogen-bond donors (Lipinski definition) is 8. The molecule has 17 rings (SSSR count). The molecule has 4 unspecified atom stereocenters. The molecule has 28 nitrogen and oxygen atoms in total. The lowest BCUT2D eigenvalue weighted by Crippen LogP contribution is -2.11. The minimum atomic E-state index is -4.87. The van der Waals surface area contributed by atoms with Gasteiger partial charge in [-0.1, -0.05) is 90.4 Å². The van der Waals surface area contributed by atoms with Gasteiger partial charge in [-0.3, -0.25) is 18.2 Å². The highest BCUT2D eigenvalue weighted by atomic mass is 33.1. The van der Waals surface area contributed by atoms with Crippen molar-refractivity contribution in [3.05, 3.63) is 121 Å². The second-order valence-corrected chi connectivity index (χ2v) is 45.1. The maximum atomic E-state index is 16.1. The third-order valence-electron chi connectivity index (χ3n) is 17.2. The highest BCUT2D eigenvalue weighted by Crippen LogP contribution is 2.56. The highest BCUT2D eigenvalue weighted by Gasteiger charge is 2.38. The van der Waals surface area contributed by atoms with Crippen molar-refractivity contribution >= 4 is 316 Å². The molecule has 16 aromatic rings. The number of aromatic nitrogens is 4. The van der Waals surface area contributed by atoms with Gasteiger partial charge >= 0.3 is 0 Å². The fraction of sp³-hybridized carbons (Fsp3) is 0. The maximum absolute atomic E-state index is 16.1. The summed E-state index contributed by atoms with van der Waals surface area (Å²) in [7, 11) is -30.4. The quantitative estimate of drug-likeness (QED) is 0.0203. The van der Waals surface area contributed by atoms with Crippen LogP contribution in [0.25, 0.3) is 125 Å². The number of benzene rings is 12. The minimum Gasteiger partial charge on any atom is -0.871 e. The fourth-order valence-corrected chi connectivity index (χ4v) is 31.5. The molecule has 0 fully saturated rings. The second-order valence-electron chi connectivity index (χ2n) is 23.6. The summed E-state index contributed by atoms with van der Waals surface area (Å²) in [6, 6.07) is 24.5. The van der Waals surface area contributed by atoms with Crippen LogP contribution < -0.4 is 43.4 Å². The van der Waals surface area contributed by atoms with Crippen LogP contribution in [0, 0.1) is 0 Å². The summed E-state index contributed by atoms with van der Waals surface area (Å²) in [5.74, 6) is -4.53.